The zero-order valence-corrected chi connectivity index (χ0v) is 25.4. The van der Waals surface area contributed by atoms with Crippen molar-refractivity contribution < 1.29 is 24.2 Å². The Hall–Kier alpha value is -1.78. The number of hydrogen-bond donors (Lipinski definition) is 3. The lowest BCUT2D eigenvalue weighted by molar-refractivity contribution is -0.139. The van der Waals surface area contributed by atoms with Gasteiger partial charge in [0.1, 0.15) is 11.8 Å². The summed E-state index contributed by atoms with van der Waals surface area (Å²) in [6.45, 7) is 12.7. The molecule has 1 aromatic rings. The number of rotatable bonds is 9. The van der Waals surface area contributed by atoms with Crippen LogP contribution in [0.3, 0.4) is 0 Å². The third-order valence-electron chi connectivity index (χ3n) is 7.55. The number of amides is 3. The van der Waals surface area contributed by atoms with Crippen LogP contribution in [0.15, 0.2) is 24.3 Å². The van der Waals surface area contributed by atoms with Crippen molar-refractivity contribution in [3.63, 3.8) is 0 Å². The first-order chi connectivity index (χ1) is 17.7. The number of fused-ring (bicyclic) bond motifs is 1. The Bertz CT molecular complexity index is 1080. The molecule has 10 heteroatoms. The molecule has 8 nitrogen and oxygen atoms in total. The number of carbonyl (C=O) groups excluding carboxylic acids is 3. The van der Waals surface area contributed by atoms with Gasteiger partial charge in [-0.15, -0.1) is 11.8 Å². The van der Waals surface area contributed by atoms with Crippen molar-refractivity contribution in [3.8, 4) is 5.75 Å². The Labute approximate surface area is 238 Å². The number of aliphatic hydroxyl groups is 1. The zero-order chi connectivity index (χ0) is 28.0. The van der Waals surface area contributed by atoms with E-state index in [0.717, 1.165) is 6.42 Å². The fourth-order valence-corrected chi connectivity index (χ4v) is 10.5. The minimum Gasteiger partial charge on any atom is -0.494 e. The van der Waals surface area contributed by atoms with E-state index in [1.165, 1.54) is 4.90 Å². The number of ether oxygens (including phenoxy) is 1. The molecule has 3 aliphatic rings. The van der Waals surface area contributed by atoms with E-state index in [-0.39, 0.29) is 46.4 Å². The Kier molecular flexibility index (Phi) is 8.19. The molecule has 3 N–H and O–H groups in total. The van der Waals surface area contributed by atoms with Gasteiger partial charge in [0.25, 0.3) is 0 Å². The highest BCUT2D eigenvalue weighted by atomic mass is 79.9. The van der Waals surface area contributed by atoms with Crippen LogP contribution in [0.4, 0.5) is 5.69 Å². The SMILES string of the molecule is CCOc1ccc(NC(=O)[C@H]2[C@H]3C(=O)N(CCO)C(C(=O)NC(C)(C)CC(C)(C)C)C34CC(Br)[C@@H]2S4)cc1. The van der Waals surface area contributed by atoms with E-state index in [9.17, 15) is 19.5 Å². The van der Waals surface area contributed by atoms with Crippen molar-refractivity contribution in [1.29, 1.82) is 0 Å². The molecule has 3 fully saturated rings. The molecule has 38 heavy (non-hydrogen) atoms. The van der Waals surface area contributed by atoms with Gasteiger partial charge in [0.05, 0.1) is 29.8 Å². The first kappa shape index (κ1) is 29.2. The number of anilines is 1. The summed E-state index contributed by atoms with van der Waals surface area (Å²) >= 11 is 5.37. The maximum absolute atomic E-state index is 13.9. The van der Waals surface area contributed by atoms with Crippen LogP contribution in [0.25, 0.3) is 0 Å². The van der Waals surface area contributed by atoms with Crippen LogP contribution < -0.4 is 15.4 Å². The van der Waals surface area contributed by atoms with Crippen molar-refractivity contribution >= 4 is 51.1 Å². The van der Waals surface area contributed by atoms with Gasteiger partial charge >= 0.3 is 0 Å². The largest absolute Gasteiger partial charge is 0.494 e. The minimum atomic E-state index is -0.760. The summed E-state index contributed by atoms with van der Waals surface area (Å²) in [5.74, 6) is -1.19. The van der Waals surface area contributed by atoms with Crippen LogP contribution >= 0.6 is 27.7 Å². The van der Waals surface area contributed by atoms with E-state index in [4.69, 9.17) is 4.74 Å². The van der Waals surface area contributed by atoms with E-state index in [1.54, 1.807) is 36.0 Å². The highest BCUT2D eigenvalue weighted by Gasteiger charge is 2.75. The lowest BCUT2D eigenvalue weighted by atomic mass is 9.70. The van der Waals surface area contributed by atoms with Crippen molar-refractivity contribution in [1.82, 2.24) is 10.2 Å². The Morgan fingerprint density at radius 1 is 1.18 bits per heavy atom. The topological polar surface area (TPSA) is 108 Å². The molecule has 1 spiro atoms. The van der Waals surface area contributed by atoms with Crippen LogP contribution in [0.5, 0.6) is 5.75 Å². The second kappa shape index (κ2) is 10.7. The van der Waals surface area contributed by atoms with Gasteiger partial charge in [0, 0.05) is 27.8 Å². The maximum atomic E-state index is 13.9. The predicted octanol–water partition coefficient (Wildman–Crippen LogP) is 3.81. The number of likely N-dealkylation sites (tertiary alicyclic amines) is 1. The molecule has 3 amide bonds. The smallest absolute Gasteiger partial charge is 0.244 e. The zero-order valence-electron chi connectivity index (χ0n) is 23.0. The number of β-amino-alcohol motifs (C(OH)–C–C–N with tert-alkyl or cyclic N) is 1. The molecule has 4 rings (SSSR count). The first-order valence-corrected chi connectivity index (χ1v) is 15.1. The Morgan fingerprint density at radius 2 is 1.84 bits per heavy atom. The summed E-state index contributed by atoms with van der Waals surface area (Å²) in [5, 5.41) is 15.9. The molecule has 6 atom stereocenters. The molecular weight excluding hydrogens is 570 g/mol. The summed E-state index contributed by atoms with van der Waals surface area (Å²) in [4.78, 5) is 43.0. The molecule has 210 valence electrons. The van der Waals surface area contributed by atoms with Gasteiger partial charge in [-0.2, -0.15) is 0 Å². The Morgan fingerprint density at radius 3 is 2.42 bits per heavy atom. The molecule has 0 aliphatic carbocycles. The number of alkyl halides is 1. The number of nitrogens with one attached hydrogen (secondary N) is 2. The van der Waals surface area contributed by atoms with Gasteiger partial charge < -0.3 is 25.4 Å². The van der Waals surface area contributed by atoms with Crippen LogP contribution in [-0.2, 0) is 14.4 Å². The lowest BCUT2D eigenvalue weighted by Gasteiger charge is -2.39. The number of halogens is 1. The molecule has 3 saturated heterocycles. The summed E-state index contributed by atoms with van der Waals surface area (Å²) in [7, 11) is 0. The molecule has 3 unspecified atom stereocenters. The van der Waals surface area contributed by atoms with E-state index in [2.05, 4.69) is 47.3 Å². The van der Waals surface area contributed by atoms with Crippen molar-refractivity contribution in [2.75, 3.05) is 25.1 Å². The van der Waals surface area contributed by atoms with Crippen LogP contribution in [0.2, 0.25) is 0 Å². The number of aliphatic hydroxyl groups excluding tert-OH is 1. The average Bonchev–Trinajstić information content (AvgIpc) is 3.37. The molecule has 0 aromatic heterocycles. The highest BCUT2D eigenvalue weighted by molar-refractivity contribution is 9.09. The summed E-state index contributed by atoms with van der Waals surface area (Å²) in [6.07, 6.45) is 1.36. The summed E-state index contributed by atoms with van der Waals surface area (Å²) in [5.41, 5.74) is 0.138. The molecule has 0 saturated carbocycles. The number of thioether (sulfide) groups is 1. The highest BCUT2D eigenvalue weighted by Crippen LogP contribution is 2.67. The molecule has 3 aliphatic heterocycles. The Balaban J connectivity index is 1.62. The van der Waals surface area contributed by atoms with E-state index in [1.807, 2.05) is 20.8 Å². The van der Waals surface area contributed by atoms with Crippen molar-refractivity contribution in [2.24, 2.45) is 17.3 Å². The van der Waals surface area contributed by atoms with Crippen LogP contribution in [0, 0.1) is 17.3 Å². The molecular formula is C28H40BrN3O5S. The average molecular weight is 611 g/mol. The molecule has 1 aromatic carbocycles. The van der Waals surface area contributed by atoms with Gasteiger partial charge in [-0.1, -0.05) is 36.7 Å². The van der Waals surface area contributed by atoms with Gasteiger partial charge in [0.2, 0.25) is 17.7 Å². The number of hydrogen-bond acceptors (Lipinski definition) is 6. The second-order valence-corrected chi connectivity index (χ2v) is 15.2. The quantitative estimate of drug-likeness (QED) is 0.367. The van der Waals surface area contributed by atoms with E-state index < -0.39 is 28.2 Å². The second-order valence-electron chi connectivity index (χ2n) is 12.5. The number of benzene rings is 1. The van der Waals surface area contributed by atoms with Gasteiger partial charge in [0.15, 0.2) is 0 Å². The maximum Gasteiger partial charge on any atom is 0.244 e. The fourth-order valence-electron chi connectivity index (χ4n) is 6.88. The summed E-state index contributed by atoms with van der Waals surface area (Å²) in [6, 6.07) is 6.41. The normalized spacial score (nSPS) is 30.4. The predicted molar refractivity (Wildman–Crippen MR) is 154 cm³/mol. The molecule has 0 radical (unpaired) electrons. The van der Waals surface area contributed by atoms with E-state index in [0.29, 0.717) is 24.5 Å². The lowest BCUT2D eigenvalue weighted by Crippen LogP contribution is -2.58. The van der Waals surface area contributed by atoms with Crippen molar-refractivity contribution in [2.45, 2.75) is 80.8 Å². The third kappa shape index (κ3) is 5.45. The first-order valence-electron chi connectivity index (χ1n) is 13.3. The third-order valence-corrected chi connectivity index (χ3v) is 10.8. The van der Waals surface area contributed by atoms with Crippen LogP contribution in [-0.4, -0.2) is 73.9 Å². The number of nitrogens with zero attached hydrogens (tertiary/aromatic N) is 1. The summed E-state index contributed by atoms with van der Waals surface area (Å²) < 4.78 is 4.75. The standard InChI is InChI=1S/C28H40BrN3O5S/c1-7-37-17-10-8-16(9-11-17)30-23(34)19-20-25(36)32(12-13-33)22(28(20)14-18(29)21(19)38-28)24(35)31-27(5,6)15-26(2,3)4/h8-11,18-22,33H,7,12-15H2,1-6H3,(H,30,34)(H,31,35)/t18?,19-,20-,21-,22?,28?/m0/s1. The minimum absolute atomic E-state index is 0.000546. The van der Waals surface area contributed by atoms with Crippen LogP contribution in [0.1, 0.15) is 54.4 Å². The van der Waals surface area contributed by atoms with Gasteiger partial charge in [-0.05, 0) is 63.3 Å². The van der Waals surface area contributed by atoms with Crippen molar-refractivity contribution in [3.05, 3.63) is 24.3 Å². The van der Waals surface area contributed by atoms with Gasteiger partial charge in [-0.25, -0.2) is 0 Å². The van der Waals surface area contributed by atoms with E-state index >= 15 is 0 Å². The monoisotopic (exact) mass is 609 g/mol. The number of carbonyl (C=O) groups is 3. The molecule has 2 bridgehead atoms. The molecule has 3 heterocycles. The fraction of sp³-hybridized carbons (Fsp3) is 0.679. The van der Waals surface area contributed by atoms with Gasteiger partial charge in [-0.3, -0.25) is 14.4 Å².